The SMILES string of the molecule is C=CC(=O)N1CCN(c2nc(NC(=O)N(C)CCOCCOCCOCCOCC(=O)N[C@H](C(=O)N3C[C@@H](O)C[C@H]3C(=O)N[C@@H](C)c3ccc(-c4scnc4C)cc3)C(C)(C)C)nc3c(F)c(-c4cc(O)cc5ccccc45)c(Cl)cc23)CC1. The Kier molecular flexibility index (Phi) is 21.2. The highest BCUT2D eigenvalue weighted by Crippen LogP contribution is 2.42. The standard InChI is InChI=1S/C60H72ClFN10O11S/c1-8-49(76)70-17-19-71(20-18-70)55-45-32-46(61)50(44-30-41(73)29-40-11-9-10-12-43(40)44)51(62)52(45)66-58(67-55)68-59(79)69(7)21-22-80-23-24-81-25-26-82-27-28-83-34-48(75)65-54(60(4,5)6)57(78)72-33-42(74)31-47(72)56(77)64-36(2)38-13-15-39(16-14-38)53-37(3)63-35-84-53/h8-16,29-30,32,35-36,42,47,54,73-74H,1,17-28,31,33-34H2,2-7H3,(H,64,77)(H,65,75)(H,66,67,68,79)/t36-,42-,47-,54+/m0/s1. The molecule has 5 N–H and O–H groups in total. The van der Waals surface area contributed by atoms with E-state index in [1.165, 1.54) is 21.9 Å². The van der Waals surface area contributed by atoms with Crippen molar-refractivity contribution in [3.63, 3.8) is 0 Å². The fourth-order valence-electron chi connectivity index (χ4n) is 10.0. The highest BCUT2D eigenvalue weighted by atomic mass is 35.5. The number of phenols is 1. The number of hydrogen-bond donors (Lipinski definition) is 5. The van der Waals surface area contributed by atoms with E-state index in [9.17, 15) is 34.2 Å². The first-order valence-electron chi connectivity index (χ1n) is 27.7. The summed E-state index contributed by atoms with van der Waals surface area (Å²) in [5.74, 6) is -2.32. The molecule has 0 aliphatic carbocycles. The number of hydrogen-bond acceptors (Lipinski definition) is 16. The first-order chi connectivity index (χ1) is 40.2. The van der Waals surface area contributed by atoms with Gasteiger partial charge in [-0.2, -0.15) is 4.98 Å². The molecule has 24 heteroatoms. The number of anilines is 2. The molecule has 2 saturated heterocycles. The van der Waals surface area contributed by atoms with E-state index < -0.39 is 53.2 Å². The number of aryl methyl sites for hydroxylation is 1. The van der Waals surface area contributed by atoms with Crippen molar-refractivity contribution in [1.29, 1.82) is 0 Å². The number of fused-ring (bicyclic) bond motifs is 2. The monoisotopic (exact) mass is 1190 g/mol. The second kappa shape index (κ2) is 28.5. The number of β-amino-alcohol motifs (C(OH)–C–C–N with tert-alkyl or cyclic N) is 1. The average Bonchev–Trinajstić information content (AvgIpc) is 2.52. The molecule has 2 aromatic heterocycles. The lowest BCUT2D eigenvalue weighted by molar-refractivity contribution is -0.144. The number of aliphatic hydroxyl groups is 1. The van der Waals surface area contributed by atoms with Gasteiger partial charge in [0.15, 0.2) is 5.82 Å². The number of nitrogens with zero attached hydrogens (tertiary/aromatic N) is 7. The van der Waals surface area contributed by atoms with Gasteiger partial charge in [0.2, 0.25) is 29.6 Å². The van der Waals surface area contributed by atoms with E-state index >= 15 is 4.39 Å². The van der Waals surface area contributed by atoms with Crippen LogP contribution in [-0.2, 0) is 38.1 Å². The van der Waals surface area contributed by atoms with Gasteiger partial charge in [-0.1, -0.05) is 87.5 Å². The molecule has 6 aromatic rings. The van der Waals surface area contributed by atoms with Crippen molar-refractivity contribution in [3.05, 3.63) is 107 Å². The van der Waals surface area contributed by atoms with Crippen LogP contribution in [0.4, 0.5) is 21.0 Å². The van der Waals surface area contributed by atoms with Gasteiger partial charge in [0.05, 0.1) is 79.5 Å². The Morgan fingerprint density at radius 1 is 0.905 bits per heavy atom. The van der Waals surface area contributed by atoms with Crippen LogP contribution in [-0.4, -0.2) is 187 Å². The molecular weight excluding hydrogens is 1120 g/mol. The maximum absolute atomic E-state index is 17.0. The molecule has 0 radical (unpaired) electrons. The number of likely N-dealkylation sites (tertiary alicyclic amines) is 1. The molecule has 448 valence electrons. The van der Waals surface area contributed by atoms with Crippen molar-refractivity contribution in [3.8, 4) is 27.3 Å². The summed E-state index contributed by atoms with van der Waals surface area (Å²) in [7, 11) is 1.56. The summed E-state index contributed by atoms with van der Waals surface area (Å²) >= 11 is 8.43. The number of amides is 6. The van der Waals surface area contributed by atoms with Gasteiger partial charge < -0.3 is 59.4 Å². The number of phenolic OH excluding ortho intramolecular Hbond substituents is 1. The summed E-state index contributed by atoms with van der Waals surface area (Å²) in [5, 5.41) is 31.4. The van der Waals surface area contributed by atoms with Gasteiger partial charge in [-0.3, -0.25) is 24.5 Å². The zero-order valence-corrected chi connectivity index (χ0v) is 49.6. The fraction of sp³-hybridized carbons (Fsp3) is 0.433. The van der Waals surface area contributed by atoms with Gasteiger partial charge in [0.1, 0.15) is 35.8 Å². The molecule has 4 heterocycles. The van der Waals surface area contributed by atoms with Crippen molar-refractivity contribution in [1.82, 2.24) is 40.3 Å². The van der Waals surface area contributed by atoms with Crippen molar-refractivity contribution in [2.45, 2.75) is 65.3 Å². The summed E-state index contributed by atoms with van der Waals surface area (Å²) < 4.78 is 39.5. The van der Waals surface area contributed by atoms with Crippen LogP contribution in [0.5, 0.6) is 5.75 Å². The molecule has 4 aromatic carbocycles. The van der Waals surface area contributed by atoms with E-state index in [0.29, 0.717) is 53.7 Å². The molecule has 2 fully saturated rings. The fourth-order valence-corrected chi connectivity index (χ4v) is 11.1. The van der Waals surface area contributed by atoms with Crippen molar-refractivity contribution < 1.29 is 57.5 Å². The summed E-state index contributed by atoms with van der Waals surface area (Å²) in [6, 6.07) is 16.8. The van der Waals surface area contributed by atoms with Crippen LogP contribution >= 0.6 is 22.9 Å². The molecule has 4 atom stereocenters. The van der Waals surface area contributed by atoms with Gasteiger partial charge in [0.25, 0.3) is 0 Å². The number of thiazole rings is 1. The largest absolute Gasteiger partial charge is 0.508 e. The van der Waals surface area contributed by atoms with E-state index in [2.05, 4.69) is 37.5 Å². The zero-order chi connectivity index (χ0) is 60.2. The number of likely N-dealkylation sites (N-methyl/N-ethyl adjacent to an activating group) is 1. The first kappa shape index (κ1) is 62.7. The Bertz CT molecular complexity index is 3340. The number of rotatable bonds is 24. The third kappa shape index (κ3) is 15.5. The van der Waals surface area contributed by atoms with Crippen molar-refractivity contribution >= 4 is 86.0 Å². The Morgan fingerprint density at radius 3 is 2.23 bits per heavy atom. The molecule has 21 nitrogen and oxygen atoms in total. The van der Waals surface area contributed by atoms with Gasteiger partial charge in [0, 0.05) is 63.7 Å². The number of benzene rings is 4. The second-order valence-corrected chi connectivity index (χ2v) is 22.9. The van der Waals surface area contributed by atoms with Crippen LogP contribution in [0.25, 0.3) is 43.2 Å². The Morgan fingerprint density at radius 2 is 1.57 bits per heavy atom. The number of carbonyl (C=O) groups excluding carboxylic acids is 5. The van der Waals surface area contributed by atoms with Gasteiger partial charge in [-0.05, 0) is 71.0 Å². The van der Waals surface area contributed by atoms with E-state index in [1.807, 2.05) is 69.9 Å². The van der Waals surface area contributed by atoms with Crippen LogP contribution < -0.4 is 20.9 Å². The number of nitrogens with one attached hydrogen (secondary N) is 3. The highest BCUT2D eigenvalue weighted by molar-refractivity contribution is 7.13. The van der Waals surface area contributed by atoms with Gasteiger partial charge in [-0.15, -0.1) is 11.3 Å². The van der Waals surface area contributed by atoms with Crippen LogP contribution in [0.1, 0.15) is 51.4 Å². The Balaban J connectivity index is 0.740. The lowest BCUT2D eigenvalue weighted by atomic mass is 9.85. The van der Waals surface area contributed by atoms with Crippen molar-refractivity contribution in [2.75, 3.05) is 109 Å². The highest BCUT2D eigenvalue weighted by Gasteiger charge is 2.45. The maximum Gasteiger partial charge on any atom is 0.324 e. The topological polar surface area (TPSA) is 250 Å². The molecule has 2 aliphatic heterocycles. The van der Waals surface area contributed by atoms with Gasteiger partial charge >= 0.3 is 6.03 Å². The minimum absolute atomic E-state index is 0.0191. The molecule has 0 saturated carbocycles. The Hall–Kier alpha value is -7.38. The summed E-state index contributed by atoms with van der Waals surface area (Å²) in [6.45, 7) is 15.4. The van der Waals surface area contributed by atoms with E-state index in [-0.39, 0.29) is 112 Å². The zero-order valence-electron chi connectivity index (χ0n) is 48.0. The minimum atomic E-state index is -1.01. The third-order valence-electron chi connectivity index (χ3n) is 14.6. The summed E-state index contributed by atoms with van der Waals surface area (Å²) in [5.41, 5.74) is 4.18. The molecule has 0 spiro atoms. The molecule has 8 rings (SSSR count). The number of halogens is 2. The second-order valence-electron chi connectivity index (χ2n) is 21.7. The number of aliphatic hydroxyl groups excluding tert-OH is 1. The van der Waals surface area contributed by atoms with Crippen LogP contribution in [0.3, 0.4) is 0 Å². The Labute approximate surface area is 496 Å². The lowest BCUT2D eigenvalue weighted by Gasteiger charge is -2.35. The van der Waals surface area contributed by atoms with E-state index in [1.54, 1.807) is 59.1 Å². The normalized spacial score (nSPS) is 16.2. The molecule has 2 aliphatic rings. The van der Waals surface area contributed by atoms with E-state index in [4.69, 9.17) is 30.5 Å². The van der Waals surface area contributed by atoms with Crippen LogP contribution in [0.2, 0.25) is 5.02 Å². The number of aromatic hydroxyl groups is 1. The predicted octanol–water partition coefficient (Wildman–Crippen LogP) is 7.11. The average molecular weight is 1200 g/mol. The molecule has 0 unspecified atom stereocenters. The van der Waals surface area contributed by atoms with Crippen LogP contribution in [0.15, 0.2) is 84.9 Å². The first-order valence-corrected chi connectivity index (χ1v) is 29.0. The quantitative estimate of drug-likeness (QED) is 0.0299. The van der Waals surface area contributed by atoms with Crippen molar-refractivity contribution in [2.24, 2.45) is 5.41 Å². The smallest absolute Gasteiger partial charge is 0.324 e. The molecule has 6 amide bonds. The number of urea groups is 1. The maximum atomic E-state index is 17.0. The minimum Gasteiger partial charge on any atom is -0.508 e. The summed E-state index contributed by atoms with van der Waals surface area (Å²) in [6.07, 6.45) is 0.402. The lowest BCUT2D eigenvalue weighted by Crippen LogP contribution is -2.58. The molecule has 84 heavy (non-hydrogen) atoms. The molecule has 0 bridgehead atoms. The number of carbonyl (C=O) groups is 5. The number of aromatic nitrogens is 3. The number of piperazine rings is 1. The van der Waals surface area contributed by atoms with E-state index in [0.717, 1.165) is 21.7 Å². The van der Waals surface area contributed by atoms with Crippen LogP contribution in [0, 0.1) is 18.2 Å². The molecular formula is C60H72ClFN10O11S. The van der Waals surface area contributed by atoms with Gasteiger partial charge in [-0.25, -0.2) is 19.2 Å². The summed E-state index contributed by atoms with van der Waals surface area (Å²) in [4.78, 5) is 87.5. The third-order valence-corrected chi connectivity index (χ3v) is 15.9. The predicted molar refractivity (Wildman–Crippen MR) is 319 cm³/mol. The number of ether oxygens (including phenoxy) is 4.